The Morgan fingerprint density at radius 2 is 1.17 bits per heavy atom. The van der Waals surface area contributed by atoms with Crippen LogP contribution in [0, 0.1) is 0 Å². The van der Waals surface area contributed by atoms with Gasteiger partial charge in [0.15, 0.2) is 0 Å². The van der Waals surface area contributed by atoms with Gasteiger partial charge in [0.05, 0.1) is 22.4 Å². The lowest BCUT2D eigenvalue weighted by molar-refractivity contribution is 1.09. The molecule has 0 saturated carbocycles. The monoisotopic (exact) mass is 447 g/mol. The van der Waals surface area contributed by atoms with Crippen molar-refractivity contribution in [3.63, 3.8) is 0 Å². The van der Waals surface area contributed by atoms with E-state index in [9.17, 15) is 0 Å². The summed E-state index contributed by atoms with van der Waals surface area (Å²) in [5.41, 5.74) is 9.13. The van der Waals surface area contributed by atoms with Gasteiger partial charge in [0, 0.05) is 11.3 Å². The van der Waals surface area contributed by atoms with E-state index in [0.717, 1.165) is 39.5 Å². The van der Waals surface area contributed by atoms with E-state index in [1.54, 1.807) is 0 Å². The summed E-state index contributed by atoms with van der Waals surface area (Å²) in [5, 5.41) is 0. The van der Waals surface area contributed by atoms with Crippen molar-refractivity contribution >= 4 is 40.2 Å². The molecule has 0 saturated heterocycles. The number of benzene rings is 5. The summed E-state index contributed by atoms with van der Waals surface area (Å²) in [4.78, 5) is 7.64. The molecular weight excluding hydrogens is 425 g/mol. The minimum Gasteiger partial charge on any atom is -0.375 e. The lowest BCUT2D eigenvalue weighted by atomic mass is 9.47. The number of aromatic nitrogens is 2. The van der Waals surface area contributed by atoms with E-state index in [-0.39, 0.29) is 6.85 Å². The topological polar surface area (TPSA) is 21.1 Å². The van der Waals surface area contributed by atoms with Crippen molar-refractivity contribution in [3.05, 3.63) is 133 Å². The standard InChI is InChI=1S/C31H22BN3/c1-3-13-23(14-4-1)32-26-18-8-7-17-25(26)31-33-27-19-9-10-20-28(27)34(31)29-21-11-12-22-30(29)35(32)24-15-5-2-6-16-24/h1-22H. The number of para-hydroxylation sites is 5. The summed E-state index contributed by atoms with van der Waals surface area (Å²) in [6.07, 6.45) is 0. The van der Waals surface area contributed by atoms with Crippen molar-refractivity contribution in [1.82, 2.24) is 9.55 Å². The summed E-state index contributed by atoms with van der Waals surface area (Å²) in [7, 11) is 0. The molecule has 2 heterocycles. The van der Waals surface area contributed by atoms with Crippen LogP contribution in [0.25, 0.3) is 28.1 Å². The van der Waals surface area contributed by atoms with Gasteiger partial charge in [0.2, 0.25) is 0 Å². The molecule has 164 valence electrons. The summed E-state index contributed by atoms with van der Waals surface area (Å²) in [5.74, 6) is 0.975. The predicted molar refractivity (Wildman–Crippen MR) is 147 cm³/mol. The van der Waals surface area contributed by atoms with Crippen molar-refractivity contribution in [1.29, 1.82) is 0 Å². The fourth-order valence-corrected chi connectivity index (χ4v) is 5.37. The van der Waals surface area contributed by atoms with Crippen LogP contribution in [0.4, 0.5) is 11.4 Å². The highest BCUT2D eigenvalue weighted by Crippen LogP contribution is 2.38. The van der Waals surface area contributed by atoms with Crippen LogP contribution in [0.15, 0.2) is 133 Å². The zero-order valence-electron chi connectivity index (χ0n) is 19.1. The van der Waals surface area contributed by atoms with Gasteiger partial charge in [-0.25, -0.2) is 4.98 Å². The maximum Gasteiger partial charge on any atom is 0.328 e. The first-order valence-corrected chi connectivity index (χ1v) is 12.0. The Hall–Kier alpha value is -4.57. The van der Waals surface area contributed by atoms with E-state index in [1.165, 1.54) is 10.9 Å². The Kier molecular flexibility index (Phi) is 4.56. The van der Waals surface area contributed by atoms with Crippen molar-refractivity contribution in [2.75, 3.05) is 4.81 Å². The Balaban J connectivity index is 1.67. The van der Waals surface area contributed by atoms with Crippen LogP contribution in [-0.2, 0) is 0 Å². The lowest BCUT2D eigenvalue weighted by Gasteiger charge is -2.36. The summed E-state index contributed by atoms with van der Waals surface area (Å²) >= 11 is 0. The number of hydrogen-bond acceptors (Lipinski definition) is 2. The van der Waals surface area contributed by atoms with Gasteiger partial charge >= 0.3 is 6.85 Å². The normalized spacial score (nSPS) is 12.5. The van der Waals surface area contributed by atoms with E-state index >= 15 is 0 Å². The van der Waals surface area contributed by atoms with Crippen LogP contribution in [0.3, 0.4) is 0 Å². The van der Waals surface area contributed by atoms with E-state index in [4.69, 9.17) is 4.98 Å². The van der Waals surface area contributed by atoms with Gasteiger partial charge in [-0.05, 0) is 41.9 Å². The molecule has 1 aromatic heterocycles. The first kappa shape index (κ1) is 19.9. The van der Waals surface area contributed by atoms with E-state index in [0.29, 0.717) is 0 Å². The SMILES string of the molecule is c1ccc(B2c3ccccc3-c3nc4ccccc4n3-c3ccccc3N2c2ccccc2)cc1. The second-order valence-corrected chi connectivity index (χ2v) is 8.85. The fraction of sp³-hybridized carbons (Fsp3) is 0. The number of fused-ring (bicyclic) bond motifs is 7. The zero-order chi connectivity index (χ0) is 23.2. The van der Waals surface area contributed by atoms with E-state index in [1.807, 2.05) is 0 Å². The van der Waals surface area contributed by atoms with Gasteiger partial charge < -0.3 is 4.81 Å². The highest BCUT2D eigenvalue weighted by Gasteiger charge is 2.36. The Morgan fingerprint density at radius 3 is 2.00 bits per heavy atom. The maximum atomic E-state index is 5.17. The summed E-state index contributed by atoms with van der Waals surface area (Å²) < 4.78 is 2.32. The molecular formula is C31H22BN3. The van der Waals surface area contributed by atoms with Crippen LogP contribution in [0.2, 0.25) is 0 Å². The molecule has 0 bridgehead atoms. The summed E-state index contributed by atoms with van der Waals surface area (Å²) in [6, 6.07) is 47.3. The van der Waals surface area contributed by atoms with Gasteiger partial charge in [-0.2, -0.15) is 0 Å². The molecule has 3 nitrogen and oxygen atoms in total. The Morgan fingerprint density at radius 1 is 0.543 bits per heavy atom. The summed E-state index contributed by atoms with van der Waals surface area (Å²) in [6.45, 7) is -0.0236. The third-order valence-electron chi connectivity index (χ3n) is 6.85. The van der Waals surface area contributed by atoms with Crippen molar-refractivity contribution in [2.45, 2.75) is 0 Å². The molecule has 4 heteroatoms. The highest BCUT2D eigenvalue weighted by atomic mass is 15.2. The zero-order valence-corrected chi connectivity index (χ0v) is 19.1. The first-order valence-electron chi connectivity index (χ1n) is 12.0. The molecule has 7 rings (SSSR count). The van der Waals surface area contributed by atoms with Gasteiger partial charge in [0.25, 0.3) is 0 Å². The average molecular weight is 447 g/mol. The molecule has 0 unspecified atom stereocenters. The third-order valence-corrected chi connectivity index (χ3v) is 6.85. The Labute approximate surface area is 205 Å². The third kappa shape index (κ3) is 3.11. The van der Waals surface area contributed by atoms with Crippen molar-refractivity contribution < 1.29 is 0 Å². The number of anilines is 2. The number of imidazole rings is 1. The molecule has 0 atom stereocenters. The fourth-order valence-electron chi connectivity index (χ4n) is 5.37. The molecule has 6 aromatic rings. The number of hydrogen-bond donors (Lipinski definition) is 0. The number of rotatable bonds is 2. The Bertz CT molecular complexity index is 1660. The van der Waals surface area contributed by atoms with Crippen LogP contribution >= 0.6 is 0 Å². The molecule has 0 N–H and O–H groups in total. The predicted octanol–water partition coefficient (Wildman–Crippen LogP) is 5.95. The number of nitrogens with zero attached hydrogens (tertiary/aromatic N) is 3. The first-order chi connectivity index (χ1) is 17.4. The van der Waals surface area contributed by atoms with Gasteiger partial charge in [-0.3, -0.25) is 4.57 Å². The maximum absolute atomic E-state index is 5.17. The van der Waals surface area contributed by atoms with E-state index in [2.05, 4.69) is 143 Å². The molecule has 0 radical (unpaired) electrons. The van der Waals surface area contributed by atoms with Crippen molar-refractivity contribution in [3.8, 4) is 17.1 Å². The van der Waals surface area contributed by atoms with Gasteiger partial charge in [-0.15, -0.1) is 0 Å². The molecule has 0 spiro atoms. The minimum atomic E-state index is -0.0236. The molecule has 35 heavy (non-hydrogen) atoms. The molecule has 0 amide bonds. The molecule has 1 aliphatic rings. The minimum absolute atomic E-state index is 0.0236. The molecule has 0 fully saturated rings. The van der Waals surface area contributed by atoms with Crippen LogP contribution < -0.4 is 15.7 Å². The van der Waals surface area contributed by atoms with Crippen LogP contribution in [-0.4, -0.2) is 16.4 Å². The van der Waals surface area contributed by atoms with Gasteiger partial charge in [-0.1, -0.05) is 103 Å². The quantitative estimate of drug-likeness (QED) is 0.306. The molecule has 5 aromatic carbocycles. The lowest BCUT2D eigenvalue weighted by Crippen LogP contribution is -2.56. The van der Waals surface area contributed by atoms with Crippen molar-refractivity contribution in [2.24, 2.45) is 0 Å². The molecule has 0 aliphatic carbocycles. The smallest absolute Gasteiger partial charge is 0.328 e. The van der Waals surface area contributed by atoms with E-state index < -0.39 is 0 Å². The second-order valence-electron chi connectivity index (χ2n) is 8.85. The second kappa shape index (κ2) is 8.03. The highest BCUT2D eigenvalue weighted by molar-refractivity contribution is 6.90. The van der Waals surface area contributed by atoms with Gasteiger partial charge in [0.1, 0.15) is 5.82 Å². The largest absolute Gasteiger partial charge is 0.375 e. The van der Waals surface area contributed by atoms with Crippen LogP contribution in [0.1, 0.15) is 0 Å². The molecule has 1 aliphatic heterocycles. The average Bonchev–Trinajstić information content (AvgIpc) is 3.31. The van der Waals surface area contributed by atoms with Crippen LogP contribution in [0.5, 0.6) is 0 Å².